The number of carbonyl (C=O) groups is 1. The molecule has 2 rings (SSSR count). The Labute approximate surface area is 138 Å². The van der Waals surface area contributed by atoms with E-state index in [9.17, 15) is 4.79 Å². The van der Waals surface area contributed by atoms with Crippen LogP contribution in [0.25, 0.3) is 0 Å². The largest absolute Gasteiger partial charge is 0.482 e. The van der Waals surface area contributed by atoms with Crippen molar-refractivity contribution in [2.45, 2.75) is 25.0 Å². The first-order valence-corrected chi connectivity index (χ1v) is 8.21. The molecule has 0 radical (unpaired) electrons. The molecule has 1 aromatic carbocycles. The molecule has 1 atom stereocenters. The number of nitrogens with one attached hydrogen (secondary N) is 3. The third kappa shape index (κ3) is 4.40. The Morgan fingerprint density at radius 2 is 2.39 bits per heavy atom. The molecule has 23 heavy (non-hydrogen) atoms. The fourth-order valence-electron chi connectivity index (χ4n) is 2.25. The van der Waals surface area contributed by atoms with E-state index in [-0.39, 0.29) is 17.8 Å². The highest BCUT2D eigenvalue weighted by atomic mass is 32.2. The van der Waals surface area contributed by atoms with Crippen molar-refractivity contribution >= 4 is 40.6 Å². The summed E-state index contributed by atoms with van der Waals surface area (Å²) in [5.41, 5.74) is 1.76. The molecule has 7 N–H and O–H groups in total. The Balaban J connectivity index is 2.19. The molecule has 0 aliphatic carbocycles. The van der Waals surface area contributed by atoms with Crippen LogP contribution < -0.4 is 20.8 Å². The van der Waals surface area contributed by atoms with Crippen LogP contribution in [0.4, 0.5) is 5.69 Å². The number of quaternary nitrogens is 1. The molecule has 8 heteroatoms. The van der Waals surface area contributed by atoms with Gasteiger partial charge in [-0.1, -0.05) is 13.3 Å². The van der Waals surface area contributed by atoms with Crippen molar-refractivity contribution in [2.75, 3.05) is 11.9 Å². The number of ether oxygens (including phenoxy) is 1. The number of fused-ring (bicyclic) bond motifs is 1. The number of hydrogen-bond donors (Lipinski definition) is 5. The van der Waals surface area contributed by atoms with E-state index in [0.29, 0.717) is 22.3 Å². The van der Waals surface area contributed by atoms with Crippen LogP contribution in [0.2, 0.25) is 0 Å². The van der Waals surface area contributed by atoms with Gasteiger partial charge in [-0.25, -0.2) is 10.7 Å². The highest BCUT2D eigenvalue weighted by Gasteiger charge is 2.24. The lowest BCUT2D eigenvalue weighted by molar-refractivity contribution is -0.432. The van der Waals surface area contributed by atoms with E-state index in [1.54, 1.807) is 12.1 Å². The van der Waals surface area contributed by atoms with Gasteiger partial charge in [-0.15, -0.1) is 0 Å². The Bertz CT molecular complexity index is 647. The van der Waals surface area contributed by atoms with Crippen molar-refractivity contribution < 1.29 is 20.3 Å². The van der Waals surface area contributed by atoms with E-state index in [4.69, 9.17) is 21.0 Å². The molecule has 7 nitrogen and oxygen atoms in total. The second kappa shape index (κ2) is 7.89. The van der Waals surface area contributed by atoms with Gasteiger partial charge >= 0.3 is 5.17 Å². The summed E-state index contributed by atoms with van der Waals surface area (Å²) in [6.45, 7) is 2.07. The van der Waals surface area contributed by atoms with Gasteiger partial charge in [0.25, 0.3) is 5.91 Å². The molecule has 0 bridgehead atoms. The van der Waals surface area contributed by atoms with Crippen LogP contribution in [0.1, 0.15) is 25.3 Å². The van der Waals surface area contributed by atoms with Gasteiger partial charge in [0.2, 0.25) is 0 Å². The van der Waals surface area contributed by atoms with E-state index in [0.717, 1.165) is 24.7 Å². The average Bonchev–Trinajstić information content (AvgIpc) is 2.53. The van der Waals surface area contributed by atoms with Crippen molar-refractivity contribution in [3.8, 4) is 5.75 Å². The van der Waals surface area contributed by atoms with Gasteiger partial charge in [0.1, 0.15) is 5.75 Å². The molecule has 122 valence electrons. The fourth-order valence-corrected chi connectivity index (χ4v) is 3.33. The Kier molecular flexibility index (Phi) is 5.89. The smallest absolute Gasteiger partial charge is 0.400 e. The zero-order chi connectivity index (χ0) is 16.8. The third-order valence-electron chi connectivity index (χ3n) is 3.32. The summed E-state index contributed by atoms with van der Waals surface area (Å²) in [6.07, 6.45) is 2.86. The predicted octanol–water partition coefficient (Wildman–Crippen LogP) is -0.427. The van der Waals surface area contributed by atoms with E-state index >= 15 is 0 Å². The second-order valence-electron chi connectivity index (χ2n) is 5.09. The molecule has 1 aromatic rings. The minimum atomic E-state index is -0.196. The molecule has 1 aliphatic rings. The molecule has 0 saturated heterocycles. The zero-order valence-electron chi connectivity index (χ0n) is 12.9. The van der Waals surface area contributed by atoms with Crippen LogP contribution in [-0.4, -0.2) is 35.0 Å². The molecule has 0 saturated carbocycles. The average molecular weight is 335 g/mol. The summed E-state index contributed by atoms with van der Waals surface area (Å²) < 4.78 is 5.33. The summed E-state index contributed by atoms with van der Waals surface area (Å²) in [4.78, 5) is 11.4. The van der Waals surface area contributed by atoms with Crippen LogP contribution in [0.15, 0.2) is 18.2 Å². The summed E-state index contributed by atoms with van der Waals surface area (Å²) in [6, 6.07) is 5.34. The number of carbonyl (C=O) groups excluding carboxylic acids is 1. The third-order valence-corrected chi connectivity index (χ3v) is 4.49. The van der Waals surface area contributed by atoms with Crippen LogP contribution in [0.3, 0.4) is 0 Å². The normalized spacial score (nSPS) is 14.2. The number of hydrogen-bond acceptors (Lipinski definition) is 5. The van der Waals surface area contributed by atoms with Gasteiger partial charge in [-0.3, -0.25) is 10.2 Å². The van der Waals surface area contributed by atoms with E-state index in [1.165, 1.54) is 17.1 Å². The summed E-state index contributed by atoms with van der Waals surface area (Å²) in [7, 11) is 0. The number of amides is 1. The minimum absolute atomic E-state index is 0.0169. The van der Waals surface area contributed by atoms with Gasteiger partial charge in [0.15, 0.2) is 12.9 Å². The van der Waals surface area contributed by atoms with Crippen molar-refractivity contribution in [2.24, 2.45) is 0 Å². The minimum Gasteiger partial charge on any atom is -0.482 e. The van der Waals surface area contributed by atoms with Crippen molar-refractivity contribution in [3.63, 3.8) is 0 Å². The first-order chi connectivity index (χ1) is 11.0. The second-order valence-corrected chi connectivity index (χ2v) is 6.37. The highest BCUT2D eigenvalue weighted by molar-refractivity contribution is 8.14. The Morgan fingerprint density at radius 1 is 1.61 bits per heavy atom. The lowest BCUT2D eigenvalue weighted by Crippen LogP contribution is -2.91. The summed E-state index contributed by atoms with van der Waals surface area (Å²) in [5, 5.41) is 26.1. The molecule has 1 unspecified atom stereocenters. The lowest BCUT2D eigenvalue weighted by Gasteiger charge is -2.20. The fraction of sp³-hybridized carbons (Fsp3) is 0.333. The summed E-state index contributed by atoms with van der Waals surface area (Å²) in [5.74, 6) is 0.419. The Hall–Kier alpha value is -2.19. The van der Waals surface area contributed by atoms with Gasteiger partial charge in [0.05, 0.1) is 16.6 Å². The maximum Gasteiger partial charge on any atom is 0.400 e. The highest BCUT2D eigenvalue weighted by Crippen LogP contribution is 2.30. The predicted molar refractivity (Wildman–Crippen MR) is 91.3 cm³/mol. The number of anilines is 1. The van der Waals surface area contributed by atoms with Crippen LogP contribution >= 0.6 is 11.8 Å². The Morgan fingerprint density at radius 3 is 3.09 bits per heavy atom. The topological polar surface area (TPSA) is 128 Å². The number of benzene rings is 1. The quantitative estimate of drug-likeness (QED) is 0.357. The molecule has 0 spiro atoms. The van der Waals surface area contributed by atoms with Gasteiger partial charge < -0.3 is 15.5 Å². The van der Waals surface area contributed by atoms with Gasteiger partial charge in [0, 0.05) is 11.8 Å². The standard InChI is InChI=1S/C15H19N5O2S/c1-2-3-12(23-15(18)19-8-16)14(17)9-4-5-11-10(6-9)20-13(21)7-22-11/h4-6,8,12,17H,2-3,7H2,1H3,(H,20,21)(H3,16,18,19)/p+2. The molecule has 1 heterocycles. The first-order valence-electron chi connectivity index (χ1n) is 7.33. The van der Waals surface area contributed by atoms with Crippen molar-refractivity contribution in [1.29, 1.82) is 10.8 Å². The molecular weight excluding hydrogens is 314 g/mol. The van der Waals surface area contributed by atoms with E-state index in [2.05, 4.69) is 12.2 Å². The monoisotopic (exact) mass is 335 g/mol. The zero-order valence-corrected chi connectivity index (χ0v) is 13.7. The van der Waals surface area contributed by atoms with E-state index in [1.807, 2.05) is 6.07 Å². The van der Waals surface area contributed by atoms with Crippen LogP contribution in [-0.2, 0) is 4.79 Å². The van der Waals surface area contributed by atoms with Gasteiger partial charge in [-0.05, 0) is 30.2 Å². The SMILES string of the molecule is CCCC(SC(=[NH2+])[NH2+]C=N)C(=N)c1ccc2c(c1)NC(=O)CO2. The van der Waals surface area contributed by atoms with Gasteiger partial charge in [-0.2, -0.15) is 0 Å². The number of amidine groups is 1. The molecule has 0 fully saturated rings. The van der Waals surface area contributed by atoms with Crippen molar-refractivity contribution in [3.05, 3.63) is 23.8 Å². The van der Waals surface area contributed by atoms with E-state index < -0.39 is 0 Å². The van der Waals surface area contributed by atoms with Crippen LogP contribution in [0.5, 0.6) is 5.75 Å². The molecule has 1 amide bonds. The van der Waals surface area contributed by atoms with Crippen LogP contribution in [0, 0.1) is 10.8 Å². The lowest BCUT2D eigenvalue weighted by atomic mass is 10.0. The maximum atomic E-state index is 11.4. The molecule has 1 aliphatic heterocycles. The first kappa shape index (κ1) is 17.2. The molecule has 0 aromatic heterocycles. The maximum absolute atomic E-state index is 11.4. The number of thioether (sulfide) groups is 1. The number of nitrogens with two attached hydrogens (primary N) is 2. The van der Waals surface area contributed by atoms with Crippen molar-refractivity contribution in [1.82, 2.24) is 0 Å². The summed E-state index contributed by atoms with van der Waals surface area (Å²) >= 11 is 1.38. The number of rotatable bonds is 6. The molecular formula is C15H21N5O2S+2.